The topological polar surface area (TPSA) is 218 Å². The number of pyridine rings is 3. The number of halogens is 1. The van der Waals surface area contributed by atoms with Gasteiger partial charge >= 0.3 is 0 Å². The molecule has 0 unspecified atom stereocenters. The van der Waals surface area contributed by atoms with Gasteiger partial charge in [0.25, 0.3) is 11.4 Å². The Bertz CT molecular complexity index is 1670. The minimum atomic E-state index is -0.451. The number of nitrogens with zero attached hydrogens (tertiary/aromatic N) is 11. The predicted octanol–water partition coefficient (Wildman–Crippen LogP) is 3.31. The van der Waals surface area contributed by atoms with Crippen LogP contribution in [-0.4, -0.2) is 145 Å². The lowest BCUT2D eigenvalue weighted by molar-refractivity contribution is -0.385. The van der Waals surface area contributed by atoms with Gasteiger partial charge in [0, 0.05) is 101 Å². The molecule has 0 spiro atoms. The number of aromatic nitrogens is 3. The number of nitrogens with two attached hydrogens (primary N) is 2. The number of hydrogen-bond donors (Lipinski definition) is 3. The van der Waals surface area contributed by atoms with Gasteiger partial charge < -0.3 is 41.3 Å². The third-order valence-corrected chi connectivity index (χ3v) is 9.27. The van der Waals surface area contributed by atoms with Crippen LogP contribution in [0.1, 0.15) is 24.5 Å². The SMILES string of the molecule is C.CN1CCNCC1.Cc1ncc(Br)cc1[N+](=O)[O-].Cc1ncc(N2CCN(C)CC2)cc1N=C(N)N.Cc1ncc(N2CCN(C)CC2)cc1[N+](=O)[O-]. The van der Waals surface area contributed by atoms with Crippen molar-refractivity contribution in [3.8, 4) is 0 Å². The van der Waals surface area contributed by atoms with Crippen LogP contribution in [0.5, 0.6) is 0 Å². The van der Waals surface area contributed by atoms with Crippen molar-refractivity contribution < 1.29 is 9.85 Å². The molecule has 6 rings (SSSR count). The number of nitrogens with one attached hydrogen (secondary N) is 1. The Morgan fingerprint density at radius 3 is 1.50 bits per heavy atom. The fraction of sp³-hybridized carbons (Fsp3) is 0.543. The standard InChI is InChI=1S/C12H20N6.C11H16N4O2.C6H5BrN2O2.C5H12N2.CH4/c1-9-11(16-12(13)14)7-10(8-15-9)18-5-3-17(2)4-6-18;1-9-11(15(16)17)7-10(8-12-9)14-5-3-13(2)4-6-14;1-4-6(9(10)11)2-5(7)3-8-4;1-7-4-2-6-3-5-7;/h7-8H,3-6H2,1-2H3,(H4,13,14,16);7-8H,3-6H2,1-2H3;2-3H,1H3;6H,2-5H2,1H3;1H4. The fourth-order valence-corrected chi connectivity index (χ4v) is 5.71. The van der Waals surface area contributed by atoms with Gasteiger partial charge in [0.05, 0.1) is 45.0 Å². The first kappa shape index (κ1) is 45.6. The van der Waals surface area contributed by atoms with Crippen molar-refractivity contribution in [2.75, 3.05) is 109 Å². The van der Waals surface area contributed by atoms with Crippen molar-refractivity contribution >= 4 is 50.3 Å². The van der Waals surface area contributed by atoms with Crippen LogP contribution in [0.4, 0.5) is 28.4 Å². The lowest BCUT2D eigenvalue weighted by atomic mass is 10.2. The van der Waals surface area contributed by atoms with E-state index in [1.165, 1.54) is 25.4 Å². The molecule has 298 valence electrons. The Kier molecular flexibility index (Phi) is 19.1. The van der Waals surface area contributed by atoms with Crippen molar-refractivity contribution in [3.63, 3.8) is 0 Å². The monoisotopic (exact) mass is 816 g/mol. The first-order valence-electron chi connectivity index (χ1n) is 17.3. The summed E-state index contributed by atoms with van der Waals surface area (Å²) in [6.07, 6.45) is 5.13. The average Bonchev–Trinajstić information content (AvgIpc) is 3.12. The molecule has 0 radical (unpaired) electrons. The highest BCUT2D eigenvalue weighted by atomic mass is 79.9. The Morgan fingerprint density at radius 1 is 0.685 bits per heavy atom. The molecule has 6 heterocycles. The highest BCUT2D eigenvalue weighted by Gasteiger charge is 2.19. The van der Waals surface area contributed by atoms with E-state index >= 15 is 0 Å². The second kappa shape index (κ2) is 22.6. The van der Waals surface area contributed by atoms with Crippen LogP contribution in [0, 0.1) is 41.0 Å². The second-order valence-electron chi connectivity index (χ2n) is 13.0. The molecule has 0 aromatic carbocycles. The van der Waals surface area contributed by atoms with E-state index in [1.807, 2.05) is 19.2 Å². The van der Waals surface area contributed by atoms with E-state index in [4.69, 9.17) is 11.5 Å². The summed E-state index contributed by atoms with van der Waals surface area (Å²) in [4.78, 5) is 48.0. The molecule has 0 saturated carbocycles. The summed E-state index contributed by atoms with van der Waals surface area (Å²) in [6, 6.07) is 5.04. The first-order valence-corrected chi connectivity index (χ1v) is 18.1. The van der Waals surface area contributed by atoms with Gasteiger partial charge in [-0.05, 0) is 63.9 Å². The molecule has 0 atom stereocenters. The molecule has 3 aromatic heterocycles. The maximum absolute atomic E-state index is 10.8. The molecule has 3 fully saturated rings. The van der Waals surface area contributed by atoms with Gasteiger partial charge in [-0.1, -0.05) is 7.43 Å². The zero-order valence-corrected chi connectivity index (χ0v) is 33.1. The van der Waals surface area contributed by atoms with Crippen LogP contribution in [0.2, 0.25) is 0 Å². The number of hydrogen-bond acceptors (Lipinski definition) is 14. The minimum absolute atomic E-state index is 0. The predicted molar refractivity (Wildman–Crippen MR) is 220 cm³/mol. The molecule has 0 bridgehead atoms. The van der Waals surface area contributed by atoms with Gasteiger partial charge in [-0.2, -0.15) is 0 Å². The zero-order chi connectivity index (χ0) is 39.1. The number of aliphatic imine (C=N–C) groups is 1. The smallest absolute Gasteiger partial charge is 0.292 e. The van der Waals surface area contributed by atoms with Gasteiger partial charge in [-0.15, -0.1) is 0 Å². The maximum Gasteiger partial charge on any atom is 0.292 e. The second-order valence-corrected chi connectivity index (χ2v) is 14.0. The van der Waals surface area contributed by atoms with E-state index in [2.05, 4.69) is 86.8 Å². The Balaban J connectivity index is 0.000000260. The van der Waals surface area contributed by atoms with Gasteiger partial charge in [-0.25, -0.2) is 4.99 Å². The number of anilines is 2. The van der Waals surface area contributed by atoms with Crippen LogP contribution in [0.25, 0.3) is 0 Å². The Hall–Kier alpha value is -4.56. The fourth-order valence-electron chi connectivity index (χ4n) is 5.39. The molecule has 19 heteroatoms. The van der Waals surface area contributed by atoms with E-state index in [1.54, 1.807) is 26.1 Å². The maximum atomic E-state index is 10.8. The Morgan fingerprint density at radius 2 is 1.09 bits per heavy atom. The molecule has 3 aliphatic rings. The average molecular weight is 818 g/mol. The van der Waals surface area contributed by atoms with Crippen molar-refractivity contribution in [1.29, 1.82) is 0 Å². The van der Waals surface area contributed by atoms with Gasteiger partial charge in [0.15, 0.2) is 5.96 Å². The highest BCUT2D eigenvalue weighted by molar-refractivity contribution is 9.10. The Labute approximate surface area is 327 Å². The first-order chi connectivity index (χ1) is 25.1. The lowest BCUT2D eigenvalue weighted by Crippen LogP contribution is -2.44. The van der Waals surface area contributed by atoms with Crippen molar-refractivity contribution in [2.24, 2.45) is 16.5 Å². The third kappa shape index (κ3) is 15.1. The molecule has 0 amide bonds. The zero-order valence-electron chi connectivity index (χ0n) is 31.5. The van der Waals surface area contributed by atoms with E-state index in [0.29, 0.717) is 15.9 Å². The number of piperazine rings is 3. The molecular weight excluding hydrogens is 760 g/mol. The number of rotatable bonds is 5. The van der Waals surface area contributed by atoms with Crippen LogP contribution in [0.3, 0.4) is 0 Å². The van der Waals surface area contributed by atoms with Crippen molar-refractivity contribution in [2.45, 2.75) is 28.2 Å². The number of nitro groups is 2. The molecule has 3 aliphatic heterocycles. The summed E-state index contributed by atoms with van der Waals surface area (Å²) < 4.78 is 0.620. The summed E-state index contributed by atoms with van der Waals surface area (Å²) in [5.41, 5.74) is 15.4. The largest absolute Gasteiger partial charge is 0.370 e. The summed E-state index contributed by atoms with van der Waals surface area (Å²) in [5, 5.41) is 24.4. The van der Waals surface area contributed by atoms with E-state index in [9.17, 15) is 20.2 Å². The summed E-state index contributed by atoms with van der Waals surface area (Å²) in [6.45, 7) is 17.8. The van der Waals surface area contributed by atoms with Crippen molar-refractivity contribution in [1.82, 2.24) is 35.0 Å². The summed E-state index contributed by atoms with van der Waals surface area (Å²) in [5.74, 6) is 0.0652. The van der Waals surface area contributed by atoms with Crippen molar-refractivity contribution in [3.05, 3.63) is 78.6 Å². The normalized spacial score (nSPS) is 16.2. The van der Waals surface area contributed by atoms with Crippen LogP contribution < -0.4 is 26.6 Å². The highest BCUT2D eigenvalue weighted by Crippen LogP contribution is 2.25. The van der Waals surface area contributed by atoms with Crippen LogP contribution in [-0.2, 0) is 0 Å². The van der Waals surface area contributed by atoms with E-state index in [0.717, 1.165) is 88.2 Å². The van der Waals surface area contributed by atoms with Crippen LogP contribution in [0.15, 0.2) is 46.3 Å². The van der Waals surface area contributed by atoms with Crippen LogP contribution >= 0.6 is 15.9 Å². The number of aryl methyl sites for hydroxylation is 3. The lowest BCUT2D eigenvalue weighted by Gasteiger charge is -2.33. The van der Waals surface area contributed by atoms with Gasteiger partial charge in [0.2, 0.25) is 0 Å². The molecule has 5 N–H and O–H groups in total. The molecule has 0 aliphatic carbocycles. The quantitative estimate of drug-likeness (QED) is 0.146. The minimum Gasteiger partial charge on any atom is -0.370 e. The molecule has 54 heavy (non-hydrogen) atoms. The summed E-state index contributed by atoms with van der Waals surface area (Å²) >= 11 is 3.10. The number of likely N-dealkylation sites (N-methyl/N-ethyl adjacent to an activating group) is 3. The summed E-state index contributed by atoms with van der Waals surface area (Å²) in [7, 11) is 6.36. The van der Waals surface area contributed by atoms with Gasteiger partial charge in [-0.3, -0.25) is 35.2 Å². The molecule has 3 saturated heterocycles. The molecular formula is C35H57BrN14O4. The third-order valence-electron chi connectivity index (χ3n) is 8.84. The number of guanidine groups is 1. The molecule has 18 nitrogen and oxygen atoms in total. The molecule has 3 aromatic rings. The van der Waals surface area contributed by atoms with Gasteiger partial charge in [0.1, 0.15) is 11.4 Å². The van der Waals surface area contributed by atoms with E-state index in [-0.39, 0.29) is 29.7 Å². The van der Waals surface area contributed by atoms with E-state index < -0.39 is 4.92 Å².